The van der Waals surface area contributed by atoms with Gasteiger partial charge in [-0.15, -0.1) is 12.8 Å². The van der Waals surface area contributed by atoms with Crippen molar-refractivity contribution < 1.29 is 9.47 Å². The Labute approximate surface area is 288 Å². The molecular formula is C46H48O2. The van der Waals surface area contributed by atoms with Gasteiger partial charge < -0.3 is 9.47 Å². The Bertz CT molecular complexity index is 1910. The molecule has 1 aliphatic rings. The maximum Gasteiger partial charge on any atom is 0.148 e. The molecule has 0 aliphatic heterocycles. The van der Waals surface area contributed by atoms with Gasteiger partial charge in [-0.1, -0.05) is 146 Å². The maximum absolute atomic E-state index is 5.69. The molecule has 48 heavy (non-hydrogen) atoms. The molecule has 7 rings (SSSR count). The van der Waals surface area contributed by atoms with Crippen LogP contribution in [0.15, 0.2) is 121 Å². The summed E-state index contributed by atoms with van der Waals surface area (Å²) in [6, 6.07) is 43.4. The number of rotatable bonds is 6. The second kappa shape index (κ2) is 16.9. The normalized spacial score (nSPS) is 11.4. The van der Waals surface area contributed by atoms with Crippen molar-refractivity contribution in [1.82, 2.24) is 0 Å². The van der Waals surface area contributed by atoms with Crippen LogP contribution in [0.3, 0.4) is 0 Å². The summed E-state index contributed by atoms with van der Waals surface area (Å²) in [4.78, 5) is 0. The highest BCUT2D eigenvalue weighted by atomic mass is 16.5. The Morgan fingerprint density at radius 1 is 0.521 bits per heavy atom. The number of hydrogen-bond acceptors (Lipinski definition) is 2. The Morgan fingerprint density at radius 3 is 1.27 bits per heavy atom. The number of terminal acetylenes is 2. The lowest BCUT2D eigenvalue weighted by Crippen LogP contribution is -2.28. The summed E-state index contributed by atoms with van der Waals surface area (Å²) in [5, 5.41) is 4.51. The first kappa shape index (κ1) is 37.0. The van der Waals surface area contributed by atoms with Crippen molar-refractivity contribution in [1.29, 1.82) is 0 Å². The molecule has 6 aromatic carbocycles. The second-order valence-electron chi connectivity index (χ2n) is 11.0. The fourth-order valence-electron chi connectivity index (χ4n) is 6.37. The van der Waals surface area contributed by atoms with Gasteiger partial charge in [0, 0.05) is 0 Å². The van der Waals surface area contributed by atoms with Crippen molar-refractivity contribution in [2.75, 3.05) is 13.2 Å². The molecule has 244 valence electrons. The third-order valence-corrected chi connectivity index (χ3v) is 8.09. The van der Waals surface area contributed by atoms with Crippen molar-refractivity contribution in [2.24, 2.45) is 0 Å². The van der Waals surface area contributed by atoms with Crippen molar-refractivity contribution in [3.63, 3.8) is 0 Å². The first-order valence-corrected chi connectivity index (χ1v) is 16.0. The molecule has 0 atom stereocenters. The van der Waals surface area contributed by atoms with Crippen LogP contribution >= 0.6 is 0 Å². The lowest BCUT2D eigenvalue weighted by molar-refractivity contribution is 0.371. The number of hydrogen-bond donors (Lipinski definition) is 0. The first-order valence-electron chi connectivity index (χ1n) is 16.0. The van der Waals surface area contributed by atoms with Crippen LogP contribution in [-0.2, 0) is 5.41 Å². The van der Waals surface area contributed by atoms with Crippen LogP contribution in [0.1, 0.15) is 71.2 Å². The van der Waals surface area contributed by atoms with E-state index in [1.807, 2.05) is 26.0 Å². The zero-order valence-electron chi connectivity index (χ0n) is 27.1. The molecule has 0 N–H and O–H groups in total. The summed E-state index contributed by atoms with van der Waals surface area (Å²) in [6.07, 6.45) is 12.0. The van der Waals surface area contributed by atoms with Gasteiger partial charge in [-0.3, -0.25) is 0 Å². The highest BCUT2D eigenvalue weighted by Crippen LogP contribution is 2.56. The standard InChI is InChI=1S/C39H26O2.C3H8.C2H6.2CH4/c1-3-21-40-33-19-15-27-23-31(17-13-29(27)25-33)39(37-11-7-5-9-35(37)36-10-6-8-12-38(36)39)32-18-14-30-26-34(41-22-4-2)20-16-28(30)24-32;1-3-2;1-2;;/h1-2,5-20,23-26H,21-22H2;3H2,1-2H3;1-2H3;2*1H4. The molecule has 0 bridgehead atoms. The summed E-state index contributed by atoms with van der Waals surface area (Å²) >= 11 is 0. The van der Waals surface area contributed by atoms with Gasteiger partial charge in [-0.25, -0.2) is 0 Å². The molecule has 0 fully saturated rings. The van der Waals surface area contributed by atoms with E-state index in [0.717, 1.165) is 33.0 Å². The minimum atomic E-state index is -0.493. The molecule has 0 aromatic heterocycles. The van der Waals surface area contributed by atoms with E-state index in [0.29, 0.717) is 0 Å². The summed E-state index contributed by atoms with van der Waals surface area (Å²) in [5.74, 6) is 6.63. The van der Waals surface area contributed by atoms with Crippen LogP contribution in [0.2, 0.25) is 0 Å². The molecule has 0 spiro atoms. The van der Waals surface area contributed by atoms with Gasteiger partial charge in [-0.2, -0.15) is 0 Å². The maximum atomic E-state index is 5.69. The van der Waals surface area contributed by atoms with E-state index in [2.05, 4.69) is 135 Å². The number of benzene rings is 6. The highest BCUT2D eigenvalue weighted by molar-refractivity contribution is 5.92. The Morgan fingerprint density at radius 2 is 0.875 bits per heavy atom. The summed E-state index contributed by atoms with van der Waals surface area (Å²) in [5.41, 5.74) is 7.03. The smallest absolute Gasteiger partial charge is 0.148 e. The molecule has 0 saturated heterocycles. The van der Waals surface area contributed by atoms with Crippen LogP contribution in [0.25, 0.3) is 32.7 Å². The van der Waals surface area contributed by atoms with Gasteiger partial charge in [-0.05, 0) is 91.3 Å². The van der Waals surface area contributed by atoms with Gasteiger partial charge in [0.05, 0.1) is 5.41 Å². The second-order valence-corrected chi connectivity index (χ2v) is 11.0. The average Bonchev–Trinajstić information content (AvgIpc) is 3.41. The van der Waals surface area contributed by atoms with E-state index in [4.69, 9.17) is 22.3 Å². The molecule has 0 radical (unpaired) electrons. The molecular weight excluding hydrogens is 585 g/mol. The van der Waals surface area contributed by atoms with Crippen LogP contribution in [0, 0.1) is 24.7 Å². The lowest BCUT2D eigenvalue weighted by Gasteiger charge is -2.34. The van der Waals surface area contributed by atoms with E-state index in [1.54, 1.807) is 0 Å². The fourth-order valence-corrected chi connectivity index (χ4v) is 6.37. The molecule has 0 unspecified atom stereocenters. The average molecular weight is 633 g/mol. The molecule has 2 nitrogen and oxygen atoms in total. The SMILES string of the molecule is C.C.C#CCOc1ccc2cc(C3(c4ccc5cc(OCC#C)ccc5c4)c4ccccc4-c4ccccc43)ccc2c1.CC.CCC. The van der Waals surface area contributed by atoms with Crippen molar-refractivity contribution in [3.05, 3.63) is 144 Å². The monoisotopic (exact) mass is 632 g/mol. The van der Waals surface area contributed by atoms with E-state index in [9.17, 15) is 0 Å². The van der Waals surface area contributed by atoms with Crippen LogP contribution in [0.4, 0.5) is 0 Å². The minimum absolute atomic E-state index is 0. The molecule has 6 aromatic rings. The van der Waals surface area contributed by atoms with Crippen LogP contribution in [0.5, 0.6) is 11.5 Å². The quantitative estimate of drug-likeness (QED) is 0.170. The van der Waals surface area contributed by atoms with E-state index < -0.39 is 5.41 Å². The Hall–Kier alpha value is -5.44. The lowest BCUT2D eigenvalue weighted by atomic mass is 9.67. The highest BCUT2D eigenvalue weighted by Gasteiger charge is 2.46. The molecule has 0 heterocycles. The molecule has 0 amide bonds. The number of fused-ring (bicyclic) bond motifs is 5. The molecule has 1 aliphatic carbocycles. The van der Waals surface area contributed by atoms with Crippen LogP contribution < -0.4 is 9.47 Å². The van der Waals surface area contributed by atoms with E-state index in [1.165, 1.54) is 39.8 Å². The largest absolute Gasteiger partial charge is 0.481 e. The Kier molecular flexibility index (Phi) is 13.1. The minimum Gasteiger partial charge on any atom is -0.481 e. The molecule has 2 heteroatoms. The van der Waals surface area contributed by atoms with Crippen molar-refractivity contribution >= 4 is 21.5 Å². The van der Waals surface area contributed by atoms with Gasteiger partial charge in [0.15, 0.2) is 0 Å². The fraction of sp³-hybridized carbons (Fsp3) is 0.217. The summed E-state index contributed by atoms with van der Waals surface area (Å²) in [7, 11) is 0. The third kappa shape index (κ3) is 6.81. The van der Waals surface area contributed by atoms with Gasteiger partial charge in [0.1, 0.15) is 24.7 Å². The summed E-state index contributed by atoms with van der Waals surface area (Å²) < 4.78 is 11.4. The number of ether oxygens (including phenoxy) is 2. The van der Waals surface area contributed by atoms with Gasteiger partial charge in [0.25, 0.3) is 0 Å². The Balaban J connectivity index is 0.000000848. The zero-order chi connectivity index (χ0) is 32.5. The van der Waals surface area contributed by atoms with E-state index in [-0.39, 0.29) is 28.1 Å². The predicted molar refractivity (Wildman–Crippen MR) is 208 cm³/mol. The summed E-state index contributed by atoms with van der Waals surface area (Å²) in [6.45, 7) is 8.75. The van der Waals surface area contributed by atoms with Gasteiger partial charge in [0.2, 0.25) is 0 Å². The van der Waals surface area contributed by atoms with Crippen LogP contribution in [-0.4, -0.2) is 13.2 Å². The first-order chi connectivity index (χ1) is 22.6. The van der Waals surface area contributed by atoms with Gasteiger partial charge >= 0.3 is 0 Å². The molecule has 0 saturated carbocycles. The zero-order valence-corrected chi connectivity index (χ0v) is 27.1. The predicted octanol–water partition coefficient (Wildman–Crippen LogP) is 12.1. The van der Waals surface area contributed by atoms with Crippen molar-refractivity contribution in [3.8, 4) is 47.3 Å². The van der Waals surface area contributed by atoms with Crippen molar-refractivity contribution in [2.45, 2.75) is 54.4 Å². The topological polar surface area (TPSA) is 18.5 Å². The third-order valence-electron chi connectivity index (χ3n) is 8.09. The van der Waals surface area contributed by atoms with E-state index >= 15 is 0 Å².